The molecule has 3 N–H and O–H groups in total. The summed E-state index contributed by atoms with van der Waals surface area (Å²) in [5.41, 5.74) is 2.02. The molecular formula is C19H26N4OS. The number of anilines is 1. The maximum Gasteiger partial charge on any atom is 0.243 e. The Balaban J connectivity index is 1.76. The second-order valence-electron chi connectivity index (χ2n) is 5.83. The first kappa shape index (κ1) is 19.0. The van der Waals surface area contributed by atoms with Gasteiger partial charge < -0.3 is 16.0 Å². The van der Waals surface area contributed by atoms with Crippen LogP contribution in [0, 0.1) is 0 Å². The second-order valence-corrected chi connectivity index (χ2v) is 6.80. The number of aliphatic imine (C=N–C) groups is 1. The lowest BCUT2D eigenvalue weighted by Gasteiger charge is -2.15. The molecule has 1 aromatic heterocycles. The molecule has 0 bridgehead atoms. The smallest absolute Gasteiger partial charge is 0.243 e. The van der Waals surface area contributed by atoms with Gasteiger partial charge in [0, 0.05) is 30.1 Å². The van der Waals surface area contributed by atoms with Gasteiger partial charge in [0.1, 0.15) is 0 Å². The van der Waals surface area contributed by atoms with Gasteiger partial charge in [-0.25, -0.2) is 0 Å². The van der Waals surface area contributed by atoms with Gasteiger partial charge in [0.15, 0.2) is 5.96 Å². The zero-order valence-electron chi connectivity index (χ0n) is 15.0. The monoisotopic (exact) mass is 358 g/mol. The lowest BCUT2D eigenvalue weighted by atomic mass is 10.1. The van der Waals surface area contributed by atoms with Gasteiger partial charge in [-0.15, -0.1) is 11.3 Å². The van der Waals surface area contributed by atoms with Gasteiger partial charge in [0.05, 0.1) is 6.54 Å². The minimum Gasteiger partial charge on any atom is -0.356 e. The Morgan fingerprint density at radius 3 is 2.76 bits per heavy atom. The van der Waals surface area contributed by atoms with Crippen molar-refractivity contribution in [3.8, 4) is 0 Å². The van der Waals surface area contributed by atoms with Gasteiger partial charge >= 0.3 is 0 Å². The van der Waals surface area contributed by atoms with Crippen LogP contribution in [0.2, 0.25) is 0 Å². The Kier molecular flexibility index (Phi) is 7.47. The van der Waals surface area contributed by atoms with Gasteiger partial charge in [-0.1, -0.05) is 32.0 Å². The number of benzene rings is 1. The molecule has 1 unspecified atom stereocenters. The molecule has 6 heteroatoms. The summed E-state index contributed by atoms with van der Waals surface area (Å²) in [6.07, 6.45) is 0.945. The maximum atomic E-state index is 12.1. The summed E-state index contributed by atoms with van der Waals surface area (Å²) >= 11 is 1.75. The highest BCUT2D eigenvalue weighted by molar-refractivity contribution is 7.10. The number of nitrogens with one attached hydrogen (secondary N) is 3. The quantitative estimate of drug-likeness (QED) is 0.526. The lowest BCUT2D eigenvalue weighted by molar-refractivity contribution is -0.115. The standard InChI is InChI=1S/C19H26N4OS/c1-4-15-7-5-8-16(11-15)23-18(24)13-22-19(20-3)21-12-14(2)17-9-6-10-25-17/h5-11,14H,4,12-13H2,1-3H3,(H,23,24)(H2,20,21,22). The fraction of sp³-hybridized carbons (Fsp3) is 0.368. The first-order chi connectivity index (χ1) is 12.1. The first-order valence-corrected chi connectivity index (χ1v) is 9.37. The molecule has 0 saturated heterocycles. The van der Waals surface area contributed by atoms with E-state index in [-0.39, 0.29) is 12.5 Å². The molecule has 25 heavy (non-hydrogen) atoms. The molecule has 0 spiro atoms. The van der Waals surface area contributed by atoms with Crippen molar-refractivity contribution in [2.24, 2.45) is 4.99 Å². The molecule has 1 amide bonds. The van der Waals surface area contributed by atoms with E-state index in [2.05, 4.69) is 58.4 Å². The highest BCUT2D eigenvalue weighted by atomic mass is 32.1. The molecule has 0 radical (unpaired) electrons. The molecule has 2 rings (SSSR count). The molecule has 0 saturated carbocycles. The predicted molar refractivity (Wildman–Crippen MR) is 107 cm³/mol. The molecule has 134 valence electrons. The van der Waals surface area contributed by atoms with E-state index >= 15 is 0 Å². The van der Waals surface area contributed by atoms with Gasteiger partial charge in [0.2, 0.25) is 5.91 Å². The summed E-state index contributed by atoms with van der Waals surface area (Å²) in [5, 5.41) is 11.3. The van der Waals surface area contributed by atoms with E-state index in [9.17, 15) is 4.79 Å². The van der Waals surface area contributed by atoms with Crippen LogP contribution in [0.3, 0.4) is 0 Å². The van der Waals surface area contributed by atoms with Crippen molar-refractivity contribution < 1.29 is 4.79 Å². The number of rotatable bonds is 7. The molecule has 1 heterocycles. The van der Waals surface area contributed by atoms with Crippen LogP contribution in [-0.2, 0) is 11.2 Å². The maximum absolute atomic E-state index is 12.1. The number of nitrogens with zero attached hydrogens (tertiary/aromatic N) is 1. The fourth-order valence-electron chi connectivity index (χ4n) is 2.38. The van der Waals surface area contributed by atoms with Crippen molar-refractivity contribution in [3.05, 3.63) is 52.2 Å². The third-order valence-electron chi connectivity index (χ3n) is 3.86. The number of carbonyl (C=O) groups excluding carboxylic acids is 1. The van der Waals surface area contributed by atoms with Crippen molar-refractivity contribution in [2.45, 2.75) is 26.2 Å². The van der Waals surface area contributed by atoms with Crippen LogP contribution >= 0.6 is 11.3 Å². The van der Waals surface area contributed by atoms with Crippen molar-refractivity contribution in [1.82, 2.24) is 10.6 Å². The summed E-state index contributed by atoms with van der Waals surface area (Å²) < 4.78 is 0. The van der Waals surface area contributed by atoms with E-state index in [0.29, 0.717) is 11.9 Å². The summed E-state index contributed by atoms with van der Waals surface area (Å²) in [7, 11) is 1.70. The topological polar surface area (TPSA) is 65.5 Å². The van der Waals surface area contributed by atoms with Crippen LogP contribution in [-0.4, -0.2) is 32.0 Å². The molecular weight excluding hydrogens is 332 g/mol. The molecule has 5 nitrogen and oxygen atoms in total. The number of amides is 1. The van der Waals surface area contributed by atoms with Crippen LogP contribution in [0.15, 0.2) is 46.8 Å². The molecule has 1 atom stereocenters. The summed E-state index contributed by atoms with van der Waals surface area (Å²) in [5.74, 6) is 0.924. The van der Waals surface area contributed by atoms with E-state index in [1.165, 1.54) is 10.4 Å². The molecule has 0 fully saturated rings. The Morgan fingerprint density at radius 1 is 1.24 bits per heavy atom. The van der Waals surface area contributed by atoms with E-state index in [1.807, 2.05) is 18.2 Å². The number of thiophene rings is 1. The second kappa shape index (κ2) is 9.84. The minimum atomic E-state index is -0.0949. The highest BCUT2D eigenvalue weighted by Crippen LogP contribution is 2.19. The Labute approximate surface area is 153 Å². The summed E-state index contributed by atoms with van der Waals surface area (Å²) in [4.78, 5) is 17.6. The minimum absolute atomic E-state index is 0.0949. The normalized spacial score (nSPS) is 12.5. The number of guanidine groups is 1. The molecule has 2 aromatic rings. The van der Waals surface area contributed by atoms with Crippen LogP contribution < -0.4 is 16.0 Å². The van der Waals surface area contributed by atoms with E-state index < -0.39 is 0 Å². The third kappa shape index (κ3) is 6.23. The first-order valence-electron chi connectivity index (χ1n) is 8.49. The van der Waals surface area contributed by atoms with E-state index in [0.717, 1.165) is 18.7 Å². The van der Waals surface area contributed by atoms with Crippen LogP contribution in [0.1, 0.15) is 30.2 Å². The predicted octanol–water partition coefficient (Wildman–Crippen LogP) is 3.22. The van der Waals surface area contributed by atoms with Crippen LogP contribution in [0.4, 0.5) is 5.69 Å². The SMILES string of the molecule is CCc1cccc(NC(=O)CNC(=NC)NCC(C)c2cccs2)c1. The fourth-order valence-corrected chi connectivity index (χ4v) is 3.17. The van der Waals surface area contributed by atoms with E-state index in [4.69, 9.17) is 0 Å². The number of hydrogen-bond donors (Lipinski definition) is 3. The average molecular weight is 359 g/mol. The summed E-state index contributed by atoms with van der Waals surface area (Å²) in [6, 6.07) is 12.1. The number of aryl methyl sites for hydroxylation is 1. The Bertz CT molecular complexity index is 697. The Hall–Kier alpha value is -2.34. The van der Waals surface area contributed by atoms with Crippen molar-refractivity contribution in [3.63, 3.8) is 0 Å². The lowest BCUT2D eigenvalue weighted by Crippen LogP contribution is -2.42. The van der Waals surface area contributed by atoms with Crippen molar-refractivity contribution in [2.75, 3.05) is 25.5 Å². The zero-order chi connectivity index (χ0) is 18.1. The molecule has 0 aliphatic carbocycles. The highest BCUT2D eigenvalue weighted by Gasteiger charge is 2.09. The van der Waals surface area contributed by atoms with Crippen molar-refractivity contribution >= 4 is 28.9 Å². The number of carbonyl (C=O) groups is 1. The van der Waals surface area contributed by atoms with E-state index in [1.54, 1.807) is 18.4 Å². The van der Waals surface area contributed by atoms with Gasteiger partial charge in [-0.05, 0) is 35.6 Å². The van der Waals surface area contributed by atoms with Crippen molar-refractivity contribution in [1.29, 1.82) is 0 Å². The molecule has 0 aliphatic rings. The van der Waals surface area contributed by atoms with Gasteiger partial charge in [0.25, 0.3) is 0 Å². The zero-order valence-corrected chi connectivity index (χ0v) is 15.8. The van der Waals surface area contributed by atoms with Crippen LogP contribution in [0.25, 0.3) is 0 Å². The van der Waals surface area contributed by atoms with Gasteiger partial charge in [-0.3, -0.25) is 9.79 Å². The average Bonchev–Trinajstić information content (AvgIpc) is 3.16. The number of hydrogen-bond acceptors (Lipinski definition) is 3. The van der Waals surface area contributed by atoms with Gasteiger partial charge in [-0.2, -0.15) is 0 Å². The Morgan fingerprint density at radius 2 is 2.08 bits per heavy atom. The largest absolute Gasteiger partial charge is 0.356 e. The molecule has 1 aromatic carbocycles. The third-order valence-corrected chi connectivity index (χ3v) is 4.97. The molecule has 0 aliphatic heterocycles. The van der Waals surface area contributed by atoms with Crippen LogP contribution in [0.5, 0.6) is 0 Å². The summed E-state index contributed by atoms with van der Waals surface area (Å²) in [6.45, 7) is 5.19.